The molecule has 0 aliphatic rings. The third-order valence-corrected chi connectivity index (χ3v) is 4.33. The van der Waals surface area contributed by atoms with Crippen LogP contribution in [-0.4, -0.2) is 35.1 Å². The minimum atomic E-state index is -0.321. The first kappa shape index (κ1) is 18.7. The van der Waals surface area contributed by atoms with Gasteiger partial charge in [-0.05, 0) is 37.3 Å². The van der Waals surface area contributed by atoms with E-state index < -0.39 is 0 Å². The molecule has 0 atom stereocenters. The molecule has 1 amide bonds. The van der Waals surface area contributed by atoms with Crippen molar-refractivity contribution < 1.29 is 14.3 Å². The van der Waals surface area contributed by atoms with Gasteiger partial charge in [0, 0.05) is 23.2 Å². The Kier molecular flexibility index (Phi) is 5.61. The molecule has 2 aromatic carbocycles. The van der Waals surface area contributed by atoms with Crippen molar-refractivity contribution in [1.29, 1.82) is 0 Å². The fourth-order valence-electron chi connectivity index (χ4n) is 2.65. The first-order valence-corrected chi connectivity index (χ1v) is 8.58. The van der Waals surface area contributed by atoms with Crippen molar-refractivity contribution in [2.24, 2.45) is 0 Å². The number of nitrogens with one attached hydrogen (secondary N) is 1. The SMILES string of the molecule is COc1ccc(CNC(=O)c2nnn(-c3cccc(Cl)c3)c2C)c(OC)c1. The van der Waals surface area contributed by atoms with Crippen LogP contribution in [0.1, 0.15) is 21.7 Å². The normalized spacial score (nSPS) is 10.5. The molecule has 0 aliphatic carbocycles. The minimum absolute atomic E-state index is 0.252. The van der Waals surface area contributed by atoms with Gasteiger partial charge in [0.05, 0.1) is 25.6 Å². The summed E-state index contributed by atoms with van der Waals surface area (Å²) >= 11 is 6.02. The molecule has 8 heteroatoms. The van der Waals surface area contributed by atoms with E-state index in [0.29, 0.717) is 22.2 Å². The number of carbonyl (C=O) groups excluding carboxylic acids is 1. The second-order valence-corrected chi connectivity index (χ2v) is 6.21. The summed E-state index contributed by atoms with van der Waals surface area (Å²) in [5.74, 6) is 0.995. The molecule has 0 unspecified atom stereocenters. The molecule has 0 radical (unpaired) electrons. The summed E-state index contributed by atoms with van der Waals surface area (Å²) < 4.78 is 12.1. The standard InChI is InChI=1S/C19H19ClN4O3/c1-12-18(22-23-24(12)15-6-4-5-14(20)9-15)19(25)21-11-13-7-8-16(26-2)10-17(13)27-3/h4-10H,11H2,1-3H3,(H,21,25). The first-order valence-electron chi connectivity index (χ1n) is 8.21. The quantitative estimate of drug-likeness (QED) is 0.704. The maximum Gasteiger partial charge on any atom is 0.274 e. The van der Waals surface area contributed by atoms with Crippen LogP contribution in [0.4, 0.5) is 0 Å². The second kappa shape index (κ2) is 8.09. The van der Waals surface area contributed by atoms with Crippen LogP contribution >= 0.6 is 11.6 Å². The van der Waals surface area contributed by atoms with E-state index in [9.17, 15) is 4.79 Å². The number of nitrogens with zero attached hydrogens (tertiary/aromatic N) is 3. The van der Waals surface area contributed by atoms with Crippen molar-refractivity contribution in [3.05, 3.63) is 64.4 Å². The second-order valence-electron chi connectivity index (χ2n) is 5.78. The highest BCUT2D eigenvalue weighted by Gasteiger charge is 2.18. The zero-order valence-corrected chi connectivity index (χ0v) is 15.9. The van der Waals surface area contributed by atoms with Crippen molar-refractivity contribution in [3.8, 4) is 17.2 Å². The van der Waals surface area contributed by atoms with Gasteiger partial charge in [0.25, 0.3) is 5.91 Å². The third-order valence-electron chi connectivity index (χ3n) is 4.10. The van der Waals surface area contributed by atoms with Gasteiger partial charge in [-0.1, -0.05) is 22.9 Å². The molecule has 140 valence electrons. The maximum absolute atomic E-state index is 12.6. The summed E-state index contributed by atoms with van der Waals surface area (Å²) in [6.45, 7) is 2.07. The fraction of sp³-hybridized carbons (Fsp3) is 0.211. The number of amides is 1. The van der Waals surface area contributed by atoms with Crippen molar-refractivity contribution in [1.82, 2.24) is 20.3 Å². The van der Waals surface area contributed by atoms with Crippen molar-refractivity contribution in [2.45, 2.75) is 13.5 Å². The molecule has 3 rings (SSSR count). The summed E-state index contributed by atoms with van der Waals surface area (Å²) in [6.07, 6.45) is 0. The van der Waals surface area contributed by atoms with E-state index in [-0.39, 0.29) is 18.1 Å². The fourth-order valence-corrected chi connectivity index (χ4v) is 2.83. The lowest BCUT2D eigenvalue weighted by molar-refractivity contribution is 0.0945. The van der Waals surface area contributed by atoms with Crippen LogP contribution in [0.2, 0.25) is 5.02 Å². The smallest absolute Gasteiger partial charge is 0.274 e. The molecule has 0 saturated carbocycles. The van der Waals surface area contributed by atoms with E-state index in [1.807, 2.05) is 24.3 Å². The molecule has 0 aliphatic heterocycles. The number of benzene rings is 2. The monoisotopic (exact) mass is 386 g/mol. The zero-order valence-electron chi connectivity index (χ0n) is 15.2. The summed E-state index contributed by atoms with van der Waals surface area (Å²) in [5.41, 5.74) is 2.44. The van der Waals surface area contributed by atoms with E-state index in [4.69, 9.17) is 21.1 Å². The number of rotatable bonds is 6. The predicted octanol–water partition coefficient (Wildman–Crippen LogP) is 3.18. The van der Waals surface area contributed by atoms with E-state index in [1.165, 1.54) is 0 Å². The summed E-state index contributed by atoms with van der Waals surface area (Å²) in [6, 6.07) is 12.6. The Morgan fingerprint density at radius 2 is 2.00 bits per heavy atom. The van der Waals surface area contributed by atoms with Gasteiger partial charge in [-0.25, -0.2) is 4.68 Å². The Morgan fingerprint density at radius 3 is 2.70 bits per heavy atom. The van der Waals surface area contributed by atoms with Crippen LogP contribution in [0.15, 0.2) is 42.5 Å². The van der Waals surface area contributed by atoms with Crippen LogP contribution in [0.25, 0.3) is 5.69 Å². The number of hydrogen-bond donors (Lipinski definition) is 1. The van der Waals surface area contributed by atoms with Crippen molar-refractivity contribution in [3.63, 3.8) is 0 Å². The highest BCUT2D eigenvalue weighted by atomic mass is 35.5. The Hall–Kier alpha value is -3.06. The lowest BCUT2D eigenvalue weighted by Gasteiger charge is -2.11. The molecule has 1 heterocycles. The highest BCUT2D eigenvalue weighted by molar-refractivity contribution is 6.30. The summed E-state index contributed by atoms with van der Waals surface area (Å²) in [7, 11) is 3.16. The largest absolute Gasteiger partial charge is 0.497 e. The van der Waals surface area contributed by atoms with Crippen LogP contribution in [-0.2, 0) is 6.54 Å². The van der Waals surface area contributed by atoms with E-state index in [1.54, 1.807) is 44.0 Å². The Bertz CT molecular complexity index is 971. The number of halogens is 1. The van der Waals surface area contributed by atoms with Crippen LogP contribution in [0.3, 0.4) is 0 Å². The number of aromatic nitrogens is 3. The predicted molar refractivity (Wildman–Crippen MR) is 102 cm³/mol. The van der Waals surface area contributed by atoms with Gasteiger partial charge in [0.15, 0.2) is 5.69 Å². The zero-order chi connectivity index (χ0) is 19.4. The van der Waals surface area contributed by atoms with Gasteiger partial charge in [-0.2, -0.15) is 0 Å². The number of methoxy groups -OCH3 is 2. The lowest BCUT2D eigenvalue weighted by Crippen LogP contribution is -2.24. The molecular weight excluding hydrogens is 368 g/mol. The average Bonchev–Trinajstić information content (AvgIpc) is 3.07. The van der Waals surface area contributed by atoms with Crippen LogP contribution in [0, 0.1) is 6.92 Å². The molecule has 27 heavy (non-hydrogen) atoms. The molecule has 0 fully saturated rings. The maximum atomic E-state index is 12.6. The third kappa shape index (κ3) is 4.03. The van der Waals surface area contributed by atoms with E-state index in [0.717, 1.165) is 11.3 Å². The van der Waals surface area contributed by atoms with Gasteiger partial charge in [0.2, 0.25) is 0 Å². The van der Waals surface area contributed by atoms with Gasteiger partial charge < -0.3 is 14.8 Å². The Morgan fingerprint density at radius 1 is 1.19 bits per heavy atom. The lowest BCUT2D eigenvalue weighted by atomic mass is 10.2. The molecule has 0 bridgehead atoms. The topological polar surface area (TPSA) is 78.3 Å². The Labute approximate surface area is 161 Å². The number of ether oxygens (including phenoxy) is 2. The first-order chi connectivity index (χ1) is 13.0. The van der Waals surface area contributed by atoms with Crippen molar-refractivity contribution in [2.75, 3.05) is 14.2 Å². The molecular formula is C19H19ClN4O3. The van der Waals surface area contributed by atoms with E-state index >= 15 is 0 Å². The Balaban J connectivity index is 1.76. The van der Waals surface area contributed by atoms with Gasteiger partial charge in [-0.15, -0.1) is 5.10 Å². The van der Waals surface area contributed by atoms with Gasteiger partial charge >= 0.3 is 0 Å². The highest BCUT2D eigenvalue weighted by Crippen LogP contribution is 2.24. The van der Waals surface area contributed by atoms with Crippen molar-refractivity contribution >= 4 is 17.5 Å². The minimum Gasteiger partial charge on any atom is -0.497 e. The van der Waals surface area contributed by atoms with Crippen LogP contribution < -0.4 is 14.8 Å². The van der Waals surface area contributed by atoms with Crippen LogP contribution in [0.5, 0.6) is 11.5 Å². The molecule has 0 saturated heterocycles. The molecule has 3 aromatic rings. The molecule has 1 N–H and O–H groups in total. The molecule has 1 aromatic heterocycles. The van der Waals surface area contributed by atoms with E-state index in [2.05, 4.69) is 15.6 Å². The molecule has 0 spiro atoms. The summed E-state index contributed by atoms with van der Waals surface area (Å²) in [4.78, 5) is 12.6. The summed E-state index contributed by atoms with van der Waals surface area (Å²) in [5, 5.41) is 11.5. The number of hydrogen-bond acceptors (Lipinski definition) is 5. The number of carbonyl (C=O) groups is 1. The van der Waals surface area contributed by atoms with Gasteiger partial charge in [-0.3, -0.25) is 4.79 Å². The average molecular weight is 387 g/mol. The molecule has 7 nitrogen and oxygen atoms in total. The van der Waals surface area contributed by atoms with Gasteiger partial charge in [0.1, 0.15) is 11.5 Å².